The van der Waals surface area contributed by atoms with E-state index in [0.717, 1.165) is 34.4 Å². The number of unbranched alkanes of at least 4 members (excludes halogenated alkanes) is 1. The molecule has 2 aliphatic heterocycles. The molecule has 4 aromatic heterocycles. The number of nitrogens with zero attached hydrogens (tertiary/aromatic N) is 8. The standard InChI is InChI=1S/C50H88N16O34P6S2/c1-26(67)107(16-14-55-30(68)9-12-57-44(74)38(72)49(2,3)20-93-105(87,88)99-103(83,84)91-18-28-36(97-101(77,78)79)34(70)46(95-28)65-24-63-32-40(53)59-22-61-42(32)65)108(48(76)27(52)8-6-7-11-51)17-15-56-31(69)10-13-58-45(75)39(73)50(4,5)21-94-106(89,90)100-104(85,86)92-19-29-37(98-102(80,81)82)35(71)47(96-29)66-25-64-33-41(54)60-23-62-43(33)66/h22-25,27-29,34-39,46-47,70-73,107-108H,6-21,51-52H2,1-5H3,(H,55,68)(H,56,69)(H,57,74)(H,58,75)(H,83,84)(H,85,86)(H,87,88)(H,89,90)(H2,53,59,61)(H2,54,60,62)(H2,77,78,79)(H2,80,81,82)/t27-,28+,29+,34+,35+,36+,37+,38?,39?,46+,47+/m0/s1. The van der Waals surface area contributed by atoms with Crippen LogP contribution in [-0.2, 0) is 101 Å². The Morgan fingerprint density at radius 3 is 1.32 bits per heavy atom. The van der Waals surface area contributed by atoms with E-state index in [4.69, 9.17) is 50.5 Å². The topological polar surface area (TPSA) is 779 Å². The third-order valence-electron chi connectivity index (χ3n) is 15.6. The highest BCUT2D eigenvalue weighted by Crippen LogP contribution is 2.63. The van der Waals surface area contributed by atoms with Crippen LogP contribution in [0.5, 0.6) is 0 Å². The third kappa shape index (κ3) is 26.9. The van der Waals surface area contributed by atoms with Crippen LogP contribution in [0.4, 0.5) is 11.6 Å². The Morgan fingerprint density at radius 1 is 0.574 bits per heavy atom. The number of carbonyl (C=O) groups excluding carboxylic acids is 6. The number of phosphoric ester groups is 6. The first-order valence-corrected chi connectivity index (χ1v) is 44.6. The molecular weight excluding hydrogens is 1620 g/mol. The van der Waals surface area contributed by atoms with Crippen LogP contribution in [0.1, 0.15) is 79.2 Å². The molecule has 2 saturated heterocycles. The molecule has 0 aliphatic carbocycles. The maximum absolute atomic E-state index is 14.0. The quantitative estimate of drug-likeness (QED) is 0.00877. The second-order valence-corrected chi connectivity index (χ2v) is 40.1. The number of nitrogens with one attached hydrogen (secondary N) is 4. The average Bonchev–Trinajstić information content (AvgIpc) is 1.62. The number of rotatable bonds is 43. The Labute approximate surface area is 617 Å². The van der Waals surface area contributed by atoms with Gasteiger partial charge in [0.1, 0.15) is 72.5 Å². The van der Waals surface area contributed by atoms with Crippen molar-refractivity contribution in [3.05, 3.63) is 25.3 Å². The van der Waals surface area contributed by atoms with Gasteiger partial charge in [-0.25, -0.2) is 57.3 Å². The number of ether oxygens (including phenoxy) is 2. The minimum Gasteiger partial charge on any atom is -0.386 e. The molecular formula is C50H88N16O34P6S2. The second-order valence-electron chi connectivity index (χ2n) is 25.1. The summed E-state index contributed by atoms with van der Waals surface area (Å²) in [6, 6.07) is -1.03. The molecule has 50 nitrogen and oxygen atoms in total. The van der Waals surface area contributed by atoms with E-state index >= 15 is 0 Å². The van der Waals surface area contributed by atoms with Gasteiger partial charge in [0.2, 0.25) is 23.6 Å². The van der Waals surface area contributed by atoms with Gasteiger partial charge in [0.05, 0.1) is 45.1 Å². The number of nitrogen functional groups attached to an aromatic ring is 2. The van der Waals surface area contributed by atoms with Gasteiger partial charge in [0.15, 0.2) is 45.6 Å². The molecule has 0 aromatic carbocycles. The van der Waals surface area contributed by atoms with Crippen molar-refractivity contribution in [1.82, 2.24) is 60.3 Å². The van der Waals surface area contributed by atoms with Crippen LogP contribution < -0.4 is 44.2 Å². The lowest BCUT2D eigenvalue weighted by atomic mass is 9.87. The van der Waals surface area contributed by atoms with E-state index in [0.29, 0.717) is 19.4 Å². The van der Waals surface area contributed by atoms with Crippen LogP contribution in [0.15, 0.2) is 25.3 Å². The fraction of sp³-hybridized carbons (Fsp3) is 0.680. The first kappa shape index (κ1) is 91.9. The third-order valence-corrected chi connectivity index (χ3v) is 29.7. The molecule has 58 heteroatoms. The lowest BCUT2D eigenvalue weighted by Gasteiger charge is -2.33. The Balaban J connectivity index is 0.917. The molecule has 8 unspecified atom stereocenters. The predicted octanol–water partition coefficient (Wildman–Crippen LogP) is -3.73. The van der Waals surface area contributed by atoms with Gasteiger partial charge in [-0.15, -0.1) is 0 Å². The summed E-state index contributed by atoms with van der Waals surface area (Å²) in [5.74, 6) is -3.90. The van der Waals surface area contributed by atoms with E-state index in [1.54, 1.807) is 0 Å². The molecule has 4 aromatic rings. The minimum absolute atomic E-state index is 0.0226. The summed E-state index contributed by atoms with van der Waals surface area (Å²) in [4.78, 5) is 183. The number of aromatic nitrogens is 8. The lowest BCUT2D eigenvalue weighted by Crippen LogP contribution is -2.46. The first-order chi connectivity index (χ1) is 50.0. The molecule has 108 heavy (non-hydrogen) atoms. The number of anilines is 2. The zero-order valence-corrected chi connectivity index (χ0v) is 64.9. The van der Waals surface area contributed by atoms with Gasteiger partial charge in [-0.3, -0.25) is 65.0 Å². The highest BCUT2D eigenvalue weighted by atomic mass is 33.2. The number of aliphatic hydroxyl groups excluding tert-OH is 4. The second kappa shape index (κ2) is 38.7. The van der Waals surface area contributed by atoms with Crippen molar-refractivity contribution in [3.63, 3.8) is 0 Å². The van der Waals surface area contributed by atoms with Crippen LogP contribution >= 0.6 is 66.8 Å². The number of phosphoric acid groups is 6. The van der Waals surface area contributed by atoms with Crippen LogP contribution in [0.3, 0.4) is 0 Å². The Bertz CT molecular complexity index is 4130. The number of nitrogens with two attached hydrogens (primary N) is 4. The molecule has 24 N–H and O–H groups in total. The van der Waals surface area contributed by atoms with Gasteiger partial charge < -0.3 is 113 Å². The van der Waals surface area contributed by atoms with Gasteiger partial charge >= 0.3 is 46.9 Å². The van der Waals surface area contributed by atoms with Crippen molar-refractivity contribution in [3.8, 4) is 0 Å². The average molecular weight is 1710 g/mol. The lowest BCUT2D eigenvalue weighted by molar-refractivity contribution is -0.137. The summed E-state index contributed by atoms with van der Waals surface area (Å²) in [5.41, 5.74) is 20.0. The number of imidazole rings is 2. The molecule has 0 spiro atoms. The van der Waals surface area contributed by atoms with Crippen molar-refractivity contribution >= 4 is 135 Å². The van der Waals surface area contributed by atoms with Gasteiger partial charge in [-0.1, -0.05) is 34.1 Å². The molecule has 0 saturated carbocycles. The smallest absolute Gasteiger partial charge is 0.386 e. The Hall–Kier alpha value is -4.96. The maximum Gasteiger partial charge on any atom is 0.481 e. The molecule has 0 radical (unpaired) electrons. The molecule has 614 valence electrons. The number of carbonyl (C=O) groups is 6. The fourth-order valence-electron chi connectivity index (χ4n) is 10.1. The maximum atomic E-state index is 14.0. The number of hydrogen-bond acceptors (Lipinski definition) is 36. The van der Waals surface area contributed by atoms with Crippen LogP contribution in [0, 0.1) is 10.8 Å². The fourth-order valence-corrected chi connectivity index (χ4v) is 22.7. The molecule has 0 bridgehead atoms. The summed E-state index contributed by atoms with van der Waals surface area (Å²) < 4.78 is 126. The van der Waals surface area contributed by atoms with Gasteiger partial charge in [0.25, 0.3) is 0 Å². The summed E-state index contributed by atoms with van der Waals surface area (Å²) in [5, 5.41) is 52.7. The molecule has 2 aliphatic rings. The van der Waals surface area contributed by atoms with Crippen LogP contribution in [-0.4, -0.2) is 258 Å². The SMILES string of the molecule is CC(=O)[SH](CCNC(=O)CCNC(=O)C(O)C(C)(C)COP(=O)(O)OP(=O)(O)OC[C@H]1O[C@@H](n2cnc3c(N)ncnc32)[C@H](O)[C@@H]1OP(=O)(O)O)[SH](CCNC(=O)CCNC(=O)C(O)C(C)(C)COP(=O)(O)OP(=O)(O)OC[C@H]1O[C@@H](n2cnc3c(N)ncnc32)[C@H](O)[C@@H]1OP(=O)(O)O)C(=O)[C@@H](N)CCCCN. The summed E-state index contributed by atoms with van der Waals surface area (Å²) >= 11 is 0. The van der Waals surface area contributed by atoms with Crippen molar-refractivity contribution in [2.75, 3.05) is 82.1 Å². The van der Waals surface area contributed by atoms with E-state index in [1.807, 2.05) is 0 Å². The van der Waals surface area contributed by atoms with E-state index in [-0.39, 0.29) is 65.0 Å². The number of aliphatic hydroxyl groups is 4. The van der Waals surface area contributed by atoms with Crippen LogP contribution in [0.2, 0.25) is 0 Å². The molecule has 17 atom stereocenters. The van der Waals surface area contributed by atoms with Crippen LogP contribution in [0.25, 0.3) is 22.3 Å². The Morgan fingerprint density at radius 2 is 0.954 bits per heavy atom. The van der Waals surface area contributed by atoms with Crippen molar-refractivity contribution < 1.29 is 161 Å². The molecule has 6 heterocycles. The largest absolute Gasteiger partial charge is 0.481 e. The Kier molecular flexibility index (Phi) is 32.9. The summed E-state index contributed by atoms with van der Waals surface area (Å²) in [6.07, 6.45) is -14.3. The highest BCUT2D eigenvalue weighted by molar-refractivity contribution is 9.02. The normalized spacial score (nSPS) is 23.4. The van der Waals surface area contributed by atoms with Crippen molar-refractivity contribution in [2.24, 2.45) is 22.3 Å². The zero-order valence-electron chi connectivity index (χ0n) is 57.8. The predicted molar refractivity (Wildman–Crippen MR) is 374 cm³/mol. The highest BCUT2D eigenvalue weighted by Gasteiger charge is 2.53. The number of fused-ring (bicyclic) bond motifs is 2. The summed E-state index contributed by atoms with van der Waals surface area (Å²) in [7, 11) is -37.4. The monoisotopic (exact) mass is 1710 g/mol. The van der Waals surface area contributed by atoms with Crippen molar-refractivity contribution in [1.29, 1.82) is 0 Å². The number of hydrogen-bond donors (Lipinski definition) is 22. The zero-order chi connectivity index (χ0) is 80.9. The molecule has 4 amide bonds. The van der Waals surface area contributed by atoms with E-state index in [2.05, 4.69) is 68.8 Å². The van der Waals surface area contributed by atoms with Gasteiger partial charge in [0, 0.05) is 68.3 Å². The van der Waals surface area contributed by atoms with E-state index in [9.17, 15) is 116 Å². The molecule has 6 rings (SSSR count). The van der Waals surface area contributed by atoms with Gasteiger partial charge in [-0.05, 0) is 19.4 Å². The van der Waals surface area contributed by atoms with E-state index in [1.165, 1.54) is 34.6 Å². The minimum atomic E-state index is -5.71. The summed E-state index contributed by atoms with van der Waals surface area (Å²) in [6.45, 7) is 0.574. The van der Waals surface area contributed by atoms with Crippen molar-refractivity contribution in [2.45, 2.75) is 134 Å². The van der Waals surface area contributed by atoms with Gasteiger partial charge in [-0.2, -0.15) is 28.5 Å². The first-order valence-electron chi connectivity index (χ1n) is 31.8. The number of amides is 4. The molecule has 2 fully saturated rings. The van der Waals surface area contributed by atoms with E-state index < -0.39 is 231 Å². The number of thiol groups is 2.